The number of urea groups is 1. The molecule has 5 rings (SSSR count). The third-order valence-corrected chi connectivity index (χ3v) is 8.64. The number of methoxy groups -OCH3 is 2. The van der Waals surface area contributed by atoms with Crippen molar-refractivity contribution in [2.24, 2.45) is 0 Å². The van der Waals surface area contributed by atoms with Crippen LogP contribution < -0.4 is 14.4 Å². The second-order valence-electron chi connectivity index (χ2n) is 11.7. The lowest BCUT2D eigenvalue weighted by atomic mass is 10.1. The molecule has 238 valence electrons. The van der Waals surface area contributed by atoms with Gasteiger partial charge in [0.2, 0.25) is 5.91 Å². The van der Waals surface area contributed by atoms with E-state index in [-0.39, 0.29) is 30.6 Å². The maximum absolute atomic E-state index is 13.9. The molecule has 10 heteroatoms. The van der Waals surface area contributed by atoms with E-state index in [0.717, 1.165) is 47.8 Å². The molecule has 2 aliphatic rings. The fourth-order valence-corrected chi connectivity index (χ4v) is 6.08. The molecule has 3 aromatic rings. The lowest BCUT2D eigenvalue weighted by molar-refractivity contribution is -0.141. The average molecular weight is 607 g/mol. The molecule has 0 aliphatic carbocycles. The number of carbonyl (C=O) groups is 2. The number of hydrogen-bond donors (Lipinski definition) is 0. The number of ether oxygens (including phenoxy) is 4. The van der Waals surface area contributed by atoms with Crippen molar-refractivity contribution in [2.45, 2.75) is 64.8 Å². The zero-order valence-corrected chi connectivity index (χ0v) is 26.5. The Morgan fingerprint density at radius 1 is 1.07 bits per heavy atom. The minimum Gasteiger partial charge on any atom is -0.493 e. The van der Waals surface area contributed by atoms with Crippen LogP contribution in [-0.2, 0) is 27.4 Å². The SMILES string of the molecule is CCCCCOc1cc(N2CC[C@H](C)N(Cc3cccc4c3ccn4CC(=O)N3CCO[C@H](COC)C3)C2=O)ccc1OC. The van der Waals surface area contributed by atoms with E-state index in [9.17, 15) is 9.59 Å². The minimum atomic E-state index is -0.0998. The van der Waals surface area contributed by atoms with Crippen LogP contribution >= 0.6 is 0 Å². The molecule has 10 nitrogen and oxygen atoms in total. The molecule has 3 heterocycles. The number of aromatic nitrogens is 1. The van der Waals surface area contributed by atoms with Crippen molar-refractivity contribution < 1.29 is 28.5 Å². The molecular formula is C34H46N4O6. The molecule has 2 fully saturated rings. The van der Waals surface area contributed by atoms with Crippen LogP contribution in [0, 0.1) is 0 Å². The van der Waals surface area contributed by atoms with Gasteiger partial charge < -0.3 is 33.3 Å². The molecule has 1 aromatic heterocycles. The second-order valence-corrected chi connectivity index (χ2v) is 11.7. The summed E-state index contributed by atoms with van der Waals surface area (Å²) in [4.78, 5) is 32.8. The van der Waals surface area contributed by atoms with Crippen molar-refractivity contribution in [3.05, 3.63) is 54.2 Å². The summed E-state index contributed by atoms with van der Waals surface area (Å²) < 4.78 is 24.5. The van der Waals surface area contributed by atoms with Crippen LogP contribution in [0.4, 0.5) is 10.5 Å². The summed E-state index contributed by atoms with van der Waals surface area (Å²) in [6.45, 7) is 8.33. The number of hydrogen-bond acceptors (Lipinski definition) is 6. The van der Waals surface area contributed by atoms with Gasteiger partial charge in [0.15, 0.2) is 11.5 Å². The number of unbranched alkanes of at least 4 members (excludes halogenated alkanes) is 2. The molecule has 2 aromatic carbocycles. The summed E-state index contributed by atoms with van der Waals surface area (Å²) in [6, 6.07) is 13.9. The fraction of sp³-hybridized carbons (Fsp3) is 0.529. The topological polar surface area (TPSA) is 85.7 Å². The fourth-order valence-electron chi connectivity index (χ4n) is 6.08. The first-order valence-corrected chi connectivity index (χ1v) is 15.8. The van der Waals surface area contributed by atoms with Gasteiger partial charge in [0.05, 0.1) is 33.0 Å². The van der Waals surface area contributed by atoms with E-state index < -0.39 is 0 Å². The van der Waals surface area contributed by atoms with Gasteiger partial charge in [-0.15, -0.1) is 0 Å². The Labute approximate surface area is 260 Å². The maximum Gasteiger partial charge on any atom is 0.325 e. The summed E-state index contributed by atoms with van der Waals surface area (Å²) in [6.07, 6.45) is 5.91. The molecule has 0 spiro atoms. The normalized spacial score (nSPS) is 19.1. The highest BCUT2D eigenvalue weighted by Crippen LogP contribution is 2.34. The van der Waals surface area contributed by atoms with E-state index in [0.29, 0.717) is 57.5 Å². The van der Waals surface area contributed by atoms with E-state index in [1.807, 2.05) is 61.9 Å². The number of amides is 3. The number of anilines is 1. The quantitative estimate of drug-likeness (QED) is 0.245. The van der Waals surface area contributed by atoms with Gasteiger partial charge in [-0.05, 0) is 49.6 Å². The van der Waals surface area contributed by atoms with Crippen molar-refractivity contribution in [1.82, 2.24) is 14.4 Å². The molecule has 0 radical (unpaired) electrons. The van der Waals surface area contributed by atoms with Crippen LogP contribution in [0.2, 0.25) is 0 Å². The zero-order valence-electron chi connectivity index (χ0n) is 26.5. The first-order chi connectivity index (χ1) is 21.4. The van der Waals surface area contributed by atoms with E-state index in [1.54, 1.807) is 14.2 Å². The van der Waals surface area contributed by atoms with Gasteiger partial charge in [0.25, 0.3) is 0 Å². The Morgan fingerprint density at radius 2 is 1.93 bits per heavy atom. The monoisotopic (exact) mass is 606 g/mol. The van der Waals surface area contributed by atoms with Crippen LogP contribution in [0.1, 0.15) is 45.1 Å². The Morgan fingerprint density at radius 3 is 2.73 bits per heavy atom. The average Bonchev–Trinajstić information content (AvgIpc) is 3.45. The van der Waals surface area contributed by atoms with Crippen LogP contribution in [0.5, 0.6) is 11.5 Å². The lowest BCUT2D eigenvalue weighted by Crippen LogP contribution is -2.53. The van der Waals surface area contributed by atoms with E-state index in [2.05, 4.69) is 19.9 Å². The number of rotatable bonds is 13. The van der Waals surface area contributed by atoms with Crippen molar-refractivity contribution in [3.63, 3.8) is 0 Å². The van der Waals surface area contributed by atoms with Gasteiger partial charge >= 0.3 is 6.03 Å². The molecule has 0 unspecified atom stereocenters. The second kappa shape index (κ2) is 14.8. The van der Waals surface area contributed by atoms with Gasteiger partial charge in [0, 0.05) is 68.2 Å². The third-order valence-electron chi connectivity index (χ3n) is 8.64. The highest BCUT2D eigenvalue weighted by Gasteiger charge is 2.33. The Bertz CT molecular complexity index is 1420. The standard InChI is InChI=1S/C34H46N4O6/c1-5-6-7-18-44-32-20-27(11-12-31(32)42-4)37-16-13-25(2)38(34(37)40)21-26-9-8-10-30-29(26)14-15-35(30)23-33(39)36-17-19-43-28(22-36)24-41-3/h8-12,14-15,20,25,28H,5-7,13,16-19,21-24H2,1-4H3/t25-,28-/m0/s1. The molecular weight excluding hydrogens is 560 g/mol. The summed E-state index contributed by atoms with van der Waals surface area (Å²) >= 11 is 0. The zero-order chi connectivity index (χ0) is 31.1. The molecule has 2 saturated heterocycles. The predicted molar refractivity (Wildman–Crippen MR) is 171 cm³/mol. The minimum absolute atomic E-state index is 0.0320. The molecule has 0 saturated carbocycles. The Balaban J connectivity index is 1.30. The van der Waals surface area contributed by atoms with Crippen LogP contribution in [0.15, 0.2) is 48.7 Å². The number of morpholine rings is 1. The number of nitrogens with zero attached hydrogens (tertiary/aromatic N) is 4. The van der Waals surface area contributed by atoms with Crippen molar-refractivity contribution in [1.29, 1.82) is 0 Å². The highest BCUT2D eigenvalue weighted by atomic mass is 16.5. The smallest absolute Gasteiger partial charge is 0.325 e. The molecule has 2 aliphatic heterocycles. The molecule has 0 N–H and O–H groups in total. The number of benzene rings is 2. The highest BCUT2D eigenvalue weighted by molar-refractivity contribution is 5.94. The first-order valence-electron chi connectivity index (χ1n) is 15.8. The predicted octanol–water partition coefficient (Wildman–Crippen LogP) is 5.31. The van der Waals surface area contributed by atoms with Crippen molar-refractivity contribution >= 4 is 28.5 Å². The summed E-state index contributed by atoms with van der Waals surface area (Å²) in [5.41, 5.74) is 2.83. The third kappa shape index (κ3) is 7.13. The summed E-state index contributed by atoms with van der Waals surface area (Å²) in [7, 11) is 3.28. The van der Waals surface area contributed by atoms with Crippen molar-refractivity contribution in [2.75, 3.05) is 58.6 Å². The maximum atomic E-state index is 13.9. The lowest BCUT2D eigenvalue weighted by Gasteiger charge is -2.40. The van der Waals surface area contributed by atoms with Gasteiger partial charge in [-0.2, -0.15) is 0 Å². The van der Waals surface area contributed by atoms with Gasteiger partial charge in [0.1, 0.15) is 6.54 Å². The van der Waals surface area contributed by atoms with Crippen LogP contribution in [0.3, 0.4) is 0 Å². The number of carbonyl (C=O) groups excluding carboxylic acids is 2. The number of fused-ring (bicyclic) bond motifs is 1. The Hall–Kier alpha value is -3.76. The molecule has 3 amide bonds. The van der Waals surface area contributed by atoms with Gasteiger partial charge in [-0.25, -0.2) is 4.79 Å². The largest absolute Gasteiger partial charge is 0.493 e. The summed E-state index contributed by atoms with van der Waals surface area (Å²) in [5.74, 6) is 1.38. The van der Waals surface area contributed by atoms with Gasteiger partial charge in [-0.1, -0.05) is 31.9 Å². The molecule has 2 atom stereocenters. The van der Waals surface area contributed by atoms with Gasteiger partial charge in [-0.3, -0.25) is 9.69 Å². The molecule has 0 bridgehead atoms. The van der Waals surface area contributed by atoms with Crippen LogP contribution in [0.25, 0.3) is 10.9 Å². The first kappa shape index (κ1) is 31.7. The Kier molecular flexibility index (Phi) is 10.7. The van der Waals surface area contributed by atoms with E-state index in [1.165, 1.54) is 0 Å². The van der Waals surface area contributed by atoms with E-state index in [4.69, 9.17) is 18.9 Å². The molecule has 44 heavy (non-hydrogen) atoms. The van der Waals surface area contributed by atoms with E-state index >= 15 is 0 Å². The van der Waals surface area contributed by atoms with Crippen molar-refractivity contribution in [3.8, 4) is 11.5 Å². The van der Waals surface area contributed by atoms with Crippen LogP contribution in [-0.4, -0.2) is 92.1 Å². The summed E-state index contributed by atoms with van der Waals surface area (Å²) in [5, 5.41) is 1.05.